The highest BCUT2D eigenvalue weighted by Gasteiger charge is 2.39. The van der Waals surface area contributed by atoms with Gasteiger partial charge in [-0.05, 0) is 36.5 Å². The Morgan fingerprint density at radius 2 is 1.90 bits per heavy atom. The molecular weight excluding hydrogens is 372 g/mol. The number of carbonyl (C=O) groups is 4. The fourth-order valence-electron chi connectivity index (χ4n) is 4.38. The third kappa shape index (κ3) is 4.26. The van der Waals surface area contributed by atoms with Crippen molar-refractivity contribution in [2.24, 2.45) is 0 Å². The molecule has 8 nitrogen and oxygen atoms in total. The Balaban J connectivity index is 1.36. The molecule has 4 rings (SSSR count). The molecule has 1 atom stereocenters. The van der Waals surface area contributed by atoms with Crippen LogP contribution in [0.5, 0.6) is 0 Å². The Morgan fingerprint density at radius 3 is 2.66 bits per heavy atom. The van der Waals surface area contributed by atoms with E-state index in [4.69, 9.17) is 0 Å². The number of hydrogen-bond acceptors (Lipinski definition) is 4. The van der Waals surface area contributed by atoms with E-state index in [-0.39, 0.29) is 30.3 Å². The van der Waals surface area contributed by atoms with Crippen LogP contribution in [0.2, 0.25) is 0 Å². The van der Waals surface area contributed by atoms with Crippen molar-refractivity contribution in [1.82, 2.24) is 20.9 Å². The molecule has 29 heavy (non-hydrogen) atoms. The van der Waals surface area contributed by atoms with Crippen LogP contribution in [0.15, 0.2) is 18.2 Å². The van der Waals surface area contributed by atoms with Gasteiger partial charge in [-0.3, -0.25) is 19.7 Å². The van der Waals surface area contributed by atoms with Gasteiger partial charge in [-0.25, -0.2) is 4.79 Å². The van der Waals surface area contributed by atoms with E-state index in [1.807, 2.05) is 12.1 Å². The van der Waals surface area contributed by atoms with Gasteiger partial charge in [0.25, 0.3) is 5.91 Å². The molecule has 0 aromatic heterocycles. The van der Waals surface area contributed by atoms with Crippen LogP contribution >= 0.6 is 0 Å². The van der Waals surface area contributed by atoms with Gasteiger partial charge in [-0.15, -0.1) is 0 Å². The van der Waals surface area contributed by atoms with Gasteiger partial charge in [0.1, 0.15) is 6.04 Å². The second-order valence-corrected chi connectivity index (χ2v) is 8.05. The Labute approximate surface area is 169 Å². The van der Waals surface area contributed by atoms with Gasteiger partial charge < -0.3 is 15.5 Å². The monoisotopic (exact) mass is 398 g/mol. The van der Waals surface area contributed by atoms with Gasteiger partial charge in [0.05, 0.1) is 0 Å². The molecule has 1 aliphatic carbocycles. The van der Waals surface area contributed by atoms with E-state index in [0.717, 1.165) is 36.8 Å². The quantitative estimate of drug-likeness (QED) is 0.669. The average molecular weight is 398 g/mol. The standard InChI is InChI=1S/C21H26N4O4/c26-18-9-8-17(19(27)24-18)25-12-14-7-6-13(10-16(14)20(25)28)11-22-21(29)23-15-4-2-1-3-5-15/h6-7,10,15,17H,1-5,8-9,11-12H2,(H2,22,23,29)(H,24,26,27). The molecule has 1 unspecified atom stereocenters. The molecule has 5 amide bonds. The zero-order valence-corrected chi connectivity index (χ0v) is 16.3. The van der Waals surface area contributed by atoms with E-state index in [0.29, 0.717) is 25.1 Å². The Bertz CT molecular complexity index is 847. The highest BCUT2D eigenvalue weighted by molar-refractivity contribution is 6.05. The van der Waals surface area contributed by atoms with Crippen molar-refractivity contribution in [1.29, 1.82) is 0 Å². The number of fused-ring (bicyclic) bond motifs is 1. The number of imide groups is 1. The number of hydrogen-bond donors (Lipinski definition) is 3. The number of carbonyl (C=O) groups excluding carboxylic acids is 4. The summed E-state index contributed by atoms with van der Waals surface area (Å²) in [7, 11) is 0. The first kappa shape index (κ1) is 19.4. The topological polar surface area (TPSA) is 108 Å². The summed E-state index contributed by atoms with van der Waals surface area (Å²) in [5.41, 5.74) is 2.25. The summed E-state index contributed by atoms with van der Waals surface area (Å²) < 4.78 is 0. The molecule has 1 saturated heterocycles. The minimum atomic E-state index is -0.615. The summed E-state index contributed by atoms with van der Waals surface area (Å²) in [4.78, 5) is 50.0. The number of nitrogens with zero attached hydrogens (tertiary/aromatic N) is 1. The lowest BCUT2D eigenvalue weighted by Gasteiger charge is -2.29. The van der Waals surface area contributed by atoms with Crippen molar-refractivity contribution >= 4 is 23.8 Å². The molecule has 2 aliphatic heterocycles. The van der Waals surface area contributed by atoms with Gasteiger partial charge in [-0.1, -0.05) is 31.4 Å². The van der Waals surface area contributed by atoms with E-state index in [2.05, 4.69) is 16.0 Å². The summed E-state index contributed by atoms with van der Waals surface area (Å²) in [5, 5.41) is 8.18. The lowest BCUT2D eigenvalue weighted by Crippen LogP contribution is -2.52. The van der Waals surface area contributed by atoms with Gasteiger partial charge >= 0.3 is 6.03 Å². The largest absolute Gasteiger partial charge is 0.335 e. The summed E-state index contributed by atoms with van der Waals surface area (Å²) >= 11 is 0. The van der Waals surface area contributed by atoms with E-state index in [1.54, 1.807) is 6.07 Å². The third-order valence-corrected chi connectivity index (χ3v) is 5.99. The minimum Gasteiger partial charge on any atom is -0.335 e. The second kappa shape index (κ2) is 8.23. The first-order chi connectivity index (χ1) is 14.0. The van der Waals surface area contributed by atoms with E-state index < -0.39 is 11.9 Å². The van der Waals surface area contributed by atoms with Crippen molar-refractivity contribution in [2.75, 3.05) is 0 Å². The van der Waals surface area contributed by atoms with Crippen LogP contribution < -0.4 is 16.0 Å². The number of urea groups is 1. The molecular formula is C21H26N4O4. The normalized spacial score (nSPS) is 22.3. The highest BCUT2D eigenvalue weighted by Crippen LogP contribution is 2.28. The molecule has 3 aliphatic rings. The summed E-state index contributed by atoms with van der Waals surface area (Å²) in [5.74, 6) is -0.915. The molecule has 0 spiro atoms. The number of rotatable bonds is 4. The lowest BCUT2D eigenvalue weighted by atomic mass is 9.96. The lowest BCUT2D eigenvalue weighted by molar-refractivity contribution is -0.136. The number of amides is 5. The Kier molecular flexibility index (Phi) is 5.51. The fraction of sp³-hybridized carbons (Fsp3) is 0.524. The molecule has 0 radical (unpaired) electrons. The Hall–Kier alpha value is -2.90. The maximum absolute atomic E-state index is 12.8. The molecule has 2 heterocycles. The number of benzene rings is 1. The predicted molar refractivity (Wildman–Crippen MR) is 105 cm³/mol. The average Bonchev–Trinajstić information content (AvgIpc) is 3.03. The van der Waals surface area contributed by atoms with Crippen molar-refractivity contribution in [3.8, 4) is 0 Å². The van der Waals surface area contributed by atoms with Gasteiger partial charge in [-0.2, -0.15) is 0 Å². The number of nitrogens with one attached hydrogen (secondary N) is 3. The SMILES string of the molecule is O=C1CCC(N2Cc3ccc(CNC(=O)NC4CCCCC4)cc3C2=O)C(=O)N1. The minimum absolute atomic E-state index is 0.186. The van der Waals surface area contributed by atoms with E-state index >= 15 is 0 Å². The maximum Gasteiger partial charge on any atom is 0.315 e. The third-order valence-electron chi connectivity index (χ3n) is 5.99. The summed E-state index contributed by atoms with van der Waals surface area (Å²) in [6, 6.07) is 4.98. The molecule has 0 bridgehead atoms. The van der Waals surface area contributed by atoms with Crippen LogP contribution in [0.3, 0.4) is 0 Å². The van der Waals surface area contributed by atoms with Crippen LogP contribution in [0.1, 0.15) is 66.4 Å². The molecule has 1 aromatic rings. The van der Waals surface area contributed by atoms with Crippen LogP contribution in [-0.4, -0.2) is 40.7 Å². The van der Waals surface area contributed by atoms with Crippen LogP contribution in [0.4, 0.5) is 4.79 Å². The molecule has 1 aromatic carbocycles. The summed E-state index contributed by atoms with van der Waals surface area (Å²) in [6.45, 7) is 0.688. The van der Waals surface area contributed by atoms with Crippen molar-refractivity contribution < 1.29 is 19.2 Å². The van der Waals surface area contributed by atoms with E-state index in [1.165, 1.54) is 11.3 Å². The smallest absolute Gasteiger partial charge is 0.315 e. The molecule has 2 fully saturated rings. The molecule has 1 saturated carbocycles. The first-order valence-electron chi connectivity index (χ1n) is 10.3. The van der Waals surface area contributed by atoms with Gasteiger partial charge in [0, 0.05) is 31.1 Å². The van der Waals surface area contributed by atoms with E-state index in [9.17, 15) is 19.2 Å². The van der Waals surface area contributed by atoms with Crippen molar-refractivity contribution in [2.45, 2.75) is 70.1 Å². The predicted octanol–water partition coefficient (Wildman–Crippen LogP) is 1.58. The fourth-order valence-corrected chi connectivity index (χ4v) is 4.38. The zero-order chi connectivity index (χ0) is 20.4. The van der Waals surface area contributed by atoms with Crippen LogP contribution in [-0.2, 0) is 22.7 Å². The Morgan fingerprint density at radius 1 is 1.10 bits per heavy atom. The highest BCUT2D eigenvalue weighted by atomic mass is 16.2. The van der Waals surface area contributed by atoms with Gasteiger partial charge in [0.2, 0.25) is 11.8 Å². The summed E-state index contributed by atoms with van der Waals surface area (Å²) in [6.07, 6.45) is 6.18. The molecule has 154 valence electrons. The zero-order valence-electron chi connectivity index (χ0n) is 16.3. The van der Waals surface area contributed by atoms with Gasteiger partial charge in [0.15, 0.2) is 0 Å². The molecule has 8 heteroatoms. The number of piperidine rings is 1. The molecule has 3 N–H and O–H groups in total. The van der Waals surface area contributed by atoms with Crippen molar-refractivity contribution in [3.05, 3.63) is 34.9 Å². The second-order valence-electron chi connectivity index (χ2n) is 8.05. The van der Waals surface area contributed by atoms with Crippen molar-refractivity contribution in [3.63, 3.8) is 0 Å². The first-order valence-corrected chi connectivity index (χ1v) is 10.3. The maximum atomic E-state index is 12.8. The van der Waals surface area contributed by atoms with Crippen LogP contribution in [0, 0.1) is 0 Å². The van der Waals surface area contributed by atoms with Crippen LogP contribution in [0.25, 0.3) is 0 Å².